The Kier molecular flexibility index (Phi) is 3.82. The van der Waals surface area contributed by atoms with E-state index in [4.69, 9.17) is 14.6 Å². The predicted molar refractivity (Wildman–Crippen MR) is 61.5 cm³/mol. The Morgan fingerprint density at radius 3 is 2.82 bits per heavy atom. The zero-order valence-corrected chi connectivity index (χ0v) is 9.44. The first kappa shape index (κ1) is 11.7. The highest BCUT2D eigenvalue weighted by Crippen LogP contribution is 2.30. The number of nitrogens with one attached hydrogen (secondary N) is 1. The molecule has 0 saturated heterocycles. The molecule has 1 aromatic carbocycles. The molecular weight excluding hydrogens is 222 g/mol. The van der Waals surface area contributed by atoms with E-state index in [0.29, 0.717) is 43.2 Å². The summed E-state index contributed by atoms with van der Waals surface area (Å²) in [6.45, 7) is 1.57. The highest BCUT2D eigenvalue weighted by Gasteiger charge is 2.14. The van der Waals surface area contributed by atoms with Crippen LogP contribution in [0.4, 0.5) is 0 Å². The van der Waals surface area contributed by atoms with Crippen LogP contribution in [0, 0.1) is 0 Å². The van der Waals surface area contributed by atoms with Gasteiger partial charge < -0.3 is 19.9 Å². The average Bonchev–Trinajstić information content (AvgIpc) is 2.38. The third-order valence-electron chi connectivity index (χ3n) is 2.42. The first-order valence-corrected chi connectivity index (χ1v) is 5.60. The highest BCUT2D eigenvalue weighted by atomic mass is 16.6. The van der Waals surface area contributed by atoms with Gasteiger partial charge in [0.1, 0.15) is 13.2 Å². The molecule has 1 aromatic rings. The molecular formula is C12H15NO4. The fourth-order valence-corrected chi connectivity index (χ4v) is 1.57. The van der Waals surface area contributed by atoms with Crippen molar-refractivity contribution in [1.29, 1.82) is 0 Å². The summed E-state index contributed by atoms with van der Waals surface area (Å²) in [5, 5.41) is 11.3. The zero-order chi connectivity index (χ0) is 12.1. The number of carbonyl (C=O) groups excluding carboxylic acids is 1. The second-order valence-corrected chi connectivity index (χ2v) is 3.69. The van der Waals surface area contributed by atoms with Gasteiger partial charge in [-0.05, 0) is 24.6 Å². The monoisotopic (exact) mass is 237 g/mol. The summed E-state index contributed by atoms with van der Waals surface area (Å²) < 4.78 is 10.8. The standard InChI is InChI=1S/C12H15NO4/c14-5-1-4-13-12(15)9-2-3-10-11(8-9)17-7-6-16-10/h2-3,8,14H,1,4-7H2,(H,13,15). The van der Waals surface area contributed by atoms with Gasteiger partial charge in [-0.25, -0.2) is 0 Å². The molecule has 1 aliphatic heterocycles. The van der Waals surface area contributed by atoms with E-state index >= 15 is 0 Å². The Labute approximate surface area is 99.3 Å². The number of amides is 1. The van der Waals surface area contributed by atoms with E-state index in [2.05, 4.69) is 5.32 Å². The van der Waals surface area contributed by atoms with Gasteiger partial charge in [-0.1, -0.05) is 0 Å². The Bertz CT molecular complexity index is 405. The molecule has 1 aliphatic rings. The Balaban J connectivity index is 2.03. The van der Waals surface area contributed by atoms with Crippen LogP contribution in [0.5, 0.6) is 11.5 Å². The summed E-state index contributed by atoms with van der Waals surface area (Å²) >= 11 is 0. The van der Waals surface area contributed by atoms with Crippen molar-refractivity contribution in [2.75, 3.05) is 26.4 Å². The molecule has 0 fully saturated rings. The van der Waals surface area contributed by atoms with Gasteiger partial charge in [0.2, 0.25) is 0 Å². The quantitative estimate of drug-likeness (QED) is 0.751. The summed E-state index contributed by atoms with van der Waals surface area (Å²) in [5.41, 5.74) is 0.534. The summed E-state index contributed by atoms with van der Waals surface area (Å²) in [7, 11) is 0. The maximum absolute atomic E-state index is 11.7. The number of hydrogen-bond donors (Lipinski definition) is 2. The Morgan fingerprint density at radius 1 is 1.29 bits per heavy atom. The minimum Gasteiger partial charge on any atom is -0.486 e. The van der Waals surface area contributed by atoms with Crippen LogP contribution in [-0.2, 0) is 0 Å². The number of hydrogen-bond acceptors (Lipinski definition) is 4. The summed E-state index contributed by atoms with van der Waals surface area (Å²) in [4.78, 5) is 11.7. The zero-order valence-electron chi connectivity index (χ0n) is 9.44. The molecule has 0 radical (unpaired) electrons. The molecule has 0 aromatic heterocycles. The van der Waals surface area contributed by atoms with Gasteiger partial charge >= 0.3 is 0 Å². The third-order valence-corrected chi connectivity index (χ3v) is 2.42. The molecule has 92 valence electrons. The van der Waals surface area contributed by atoms with Crippen LogP contribution < -0.4 is 14.8 Å². The lowest BCUT2D eigenvalue weighted by Gasteiger charge is -2.18. The van der Waals surface area contributed by atoms with E-state index < -0.39 is 0 Å². The lowest BCUT2D eigenvalue weighted by molar-refractivity contribution is 0.0950. The van der Waals surface area contributed by atoms with Gasteiger partial charge in [0.05, 0.1) is 0 Å². The molecule has 0 spiro atoms. The minimum absolute atomic E-state index is 0.0709. The van der Waals surface area contributed by atoms with E-state index in [0.717, 1.165) is 0 Å². The molecule has 1 heterocycles. The van der Waals surface area contributed by atoms with Crippen LogP contribution in [0.1, 0.15) is 16.8 Å². The molecule has 5 heteroatoms. The predicted octanol–water partition coefficient (Wildman–Crippen LogP) is 0.570. The smallest absolute Gasteiger partial charge is 0.251 e. The molecule has 0 atom stereocenters. The number of ether oxygens (including phenoxy) is 2. The van der Waals surface area contributed by atoms with Gasteiger partial charge in [0, 0.05) is 18.7 Å². The SMILES string of the molecule is O=C(NCCCO)c1ccc2c(c1)OCCO2. The molecule has 0 aliphatic carbocycles. The van der Waals surface area contributed by atoms with E-state index in [1.807, 2.05) is 0 Å². The van der Waals surface area contributed by atoms with Crippen molar-refractivity contribution in [3.05, 3.63) is 23.8 Å². The first-order chi connectivity index (χ1) is 8.31. The van der Waals surface area contributed by atoms with Crippen LogP contribution in [0.2, 0.25) is 0 Å². The average molecular weight is 237 g/mol. The molecule has 0 bridgehead atoms. The highest BCUT2D eigenvalue weighted by molar-refractivity contribution is 5.94. The fourth-order valence-electron chi connectivity index (χ4n) is 1.57. The fraction of sp³-hybridized carbons (Fsp3) is 0.417. The van der Waals surface area contributed by atoms with Crippen molar-refractivity contribution in [3.8, 4) is 11.5 Å². The molecule has 0 unspecified atom stereocenters. The Hall–Kier alpha value is -1.75. The Morgan fingerprint density at radius 2 is 2.06 bits per heavy atom. The lowest BCUT2D eigenvalue weighted by atomic mass is 10.2. The van der Waals surface area contributed by atoms with Crippen molar-refractivity contribution >= 4 is 5.91 Å². The van der Waals surface area contributed by atoms with E-state index in [1.165, 1.54) is 0 Å². The third kappa shape index (κ3) is 2.88. The van der Waals surface area contributed by atoms with Crippen molar-refractivity contribution in [2.24, 2.45) is 0 Å². The second kappa shape index (κ2) is 5.54. The number of rotatable bonds is 4. The normalized spacial score (nSPS) is 13.2. The number of fused-ring (bicyclic) bond motifs is 1. The molecule has 5 nitrogen and oxygen atoms in total. The molecule has 0 saturated carbocycles. The van der Waals surface area contributed by atoms with Crippen molar-refractivity contribution < 1.29 is 19.4 Å². The molecule has 1 amide bonds. The van der Waals surface area contributed by atoms with Gasteiger partial charge in [-0.3, -0.25) is 4.79 Å². The number of aliphatic hydroxyl groups excluding tert-OH is 1. The van der Waals surface area contributed by atoms with Gasteiger partial charge in [-0.15, -0.1) is 0 Å². The maximum atomic E-state index is 11.7. The van der Waals surface area contributed by atoms with E-state index in [1.54, 1.807) is 18.2 Å². The second-order valence-electron chi connectivity index (χ2n) is 3.69. The molecule has 17 heavy (non-hydrogen) atoms. The summed E-state index contributed by atoms with van der Waals surface area (Å²) in [6.07, 6.45) is 0.552. The van der Waals surface area contributed by atoms with E-state index in [9.17, 15) is 4.79 Å². The van der Waals surface area contributed by atoms with Crippen molar-refractivity contribution in [3.63, 3.8) is 0 Å². The van der Waals surface area contributed by atoms with Crippen molar-refractivity contribution in [2.45, 2.75) is 6.42 Å². The number of carbonyl (C=O) groups is 1. The van der Waals surface area contributed by atoms with Crippen LogP contribution in [-0.4, -0.2) is 37.4 Å². The minimum atomic E-state index is -0.171. The first-order valence-electron chi connectivity index (χ1n) is 5.60. The van der Waals surface area contributed by atoms with Gasteiger partial charge in [0.15, 0.2) is 11.5 Å². The molecule has 2 rings (SSSR count). The lowest BCUT2D eigenvalue weighted by Crippen LogP contribution is -2.25. The number of aliphatic hydroxyl groups is 1. The van der Waals surface area contributed by atoms with Crippen LogP contribution in [0.25, 0.3) is 0 Å². The van der Waals surface area contributed by atoms with E-state index in [-0.39, 0.29) is 12.5 Å². The van der Waals surface area contributed by atoms with Gasteiger partial charge in [0.25, 0.3) is 5.91 Å². The largest absolute Gasteiger partial charge is 0.486 e. The topological polar surface area (TPSA) is 67.8 Å². The summed E-state index contributed by atoms with van der Waals surface area (Å²) in [6, 6.07) is 5.10. The van der Waals surface area contributed by atoms with Crippen LogP contribution in [0.3, 0.4) is 0 Å². The maximum Gasteiger partial charge on any atom is 0.251 e. The number of benzene rings is 1. The molecule has 2 N–H and O–H groups in total. The van der Waals surface area contributed by atoms with Crippen LogP contribution >= 0.6 is 0 Å². The summed E-state index contributed by atoms with van der Waals surface area (Å²) in [5.74, 6) is 1.10. The van der Waals surface area contributed by atoms with Crippen LogP contribution in [0.15, 0.2) is 18.2 Å². The van der Waals surface area contributed by atoms with Crippen molar-refractivity contribution in [1.82, 2.24) is 5.32 Å². The van der Waals surface area contributed by atoms with Gasteiger partial charge in [-0.2, -0.15) is 0 Å².